The van der Waals surface area contributed by atoms with Crippen molar-refractivity contribution >= 4 is 11.8 Å². The van der Waals surface area contributed by atoms with Gasteiger partial charge in [0.2, 0.25) is 0 Å². The van der Waals surface area contributed by atoms with Gasteiger partial charge in [-0.1, -0.05) is 0 Å². The average molecular weight is 278 g/mol. The number of hydrogen-bond acceptors (Lipinski definition) is 4. The first kappa shape index (κ1) is 14.3. The smallest absolute Gasteiger partial charge is 0.255 e. The molecular weight excluding hydrogens is 260 g/mol. The van der Waals surface area contributed by atoms with Gasteiger partial charge < -0.3 is 20.1 Å². The van der Waals surface area contributed by atoms with Crippen molar-refractivity contribution < 1.29 is 19.1 Å². The van der Waals surface area contributed by atoms with Crippen molar-refractivity contribution in [1.82, 2.24) is 4.90 Å². The fourth-order valence-electron chi connectivity index (χ4n) is 2.05. The van der Waals surface area contributed by atoms with Crippen LogP contribution in [0.15, 0.2) is 24.3 Å². The first-order chi connectivity index (χ1) is 9.58. The number of amides is 2. The molecule has 1 aliphatic heterocycles. The molecule has 1 unspecified atom stereocenters. The maximum Gasteiger partial charge on any atom is 0.255 e. The number of nitrogens with zero attached hydrogens (tertiary/aromatic N) is 1. The van der Waals surface area contributed by atoms with Gasteiger partial charge in [-0.3, -0.25) is 9.59 Å². The Labute approximate surface area is 117 Å². The second kappa shape index (κ2) is 6.38. The summed E-state index contributed by atoms with van der Waals surface area (Å²) in [7, 11) is 1.78. The van der Waals surface area contributed by atoms with Gasteiger partial charge in [-0.15, -0.1) is 0 Å². The van der Waals surface area contributed by atoms with Gasteiger partial charge in [0.15, 0.2) is 6.61 Å². The van der Waals surface area contributed by atoms with Gasteiger partial charge in [-0.25, -0.2) is 0 Å². The molecule has 0 saturated carbocycles. The van der Waals surface area contributed by atoms with Crippen LogP contribution in [-0.4, -0.2) is 49.6 Å². The van der Waals surface area contributed by atoms with Crippen molar-refractivity contribution in [2.75, 3.05) is 26.9 Å². The van der Waals surface area contributed by atoms with E-state index in [1.165, 1.54) is 0 Å². The van der Waals surface area contributed by atoms with Gasteiger partial charge in [-0.05, 0) is 30.7 Å². The Morgan fingerprint density at radius 2 is 2.10 bits per heavy atom. The third kappa shape index (κ3) is 3.48. The Morgan fingerprint density at radius 3 is 2.65 bits per heavy atom. The lowest BCUT2D eigenvalue weighted by Gasteiger charge is -2.23. The van der Waals surface area contributed by atoms with Crippen LogP contribution < -0.4 is 10.5 Å². The minimum absolute atomic E-state index is 0.0537. The van der Waals surface area contributed by atoms with Crippen molar-refractivity contribution in [2.45, 2.75) is 12.5 Å². The zero-order valence-corrected chi connectivity index (χ0v) is 11.4. The van der Waals surface area contributed by atoms with Crippen LogP contribution >= 0.6 is 0 Å². The van der Waals surface area contributed by atoms with Crippen molar-refractivity contribution in [1.29, 1.82) is 0 Å². The van der Waals surface area contributed by atoms with E-state index in [1.807, 2.05) is 0 Å². The molecule has 2 amide bonds. The van der Waals surface area contributed by atoms with Gasteiger partial charge in [-0.2, -0.15) is 0 Å². The maximum atomic E-state index is 12.3. The molecule has 1 aromatic carbocycles. The number of rotatable bonds is 5. The highest BCUT2D eigenvalue weighted by atomic mass is 16.5. The first-order valence-corrected chi connectivity index (χ1v) is 6.44. The Balaban J connectivity index is 1.97. The van der Waals surface area contributed by atoms with Crippen LogP contribution in [0.1, 0.15) is 16.8 Å². The van der Waals surface area contributed by atoms with E-state index in [4.69, 9.17) is 15.2 Å². The highest BCUT2D eigenvalue weighted by Gasteiger charge is 2.24. The standard InChI is InChI=1S/C14H18N2O4/c1-16(11-6-7-19-8-11)14(18)10-2-4-12(5-3-10)20-9-13(15)17/h2-5,11H,6-9H2,1H3,(H2,15,17). The molecule has 1 fully saturated rings. The van der Waals surface area contributed by atoms with Crippen molar-refractivity contribution in [3.8, 4) is 5.75 Å². The Hall–Kier alpha value is -2.08. The van der Waals surface area contributed by atoms with Crippen LogP contribution in [0.25, 0.3) is 0 Å². The molecule has 2 rings (SSSR count). The van der Waals surface area contributed by atoms with Crippen molar-refractivity contribution in [3.63, 3.8) is 0 Å². The molecule has 1 atom stereocenters. The van der Waals surface area contributed by atoms with Crippen LogP contribution in [0.5, 0.6) is 5.75 Å². The molecule has 1 aromatic rings. The van der Waals surface area contributed by atoms with Crippen LogP contribution in [0.4, 0.5) is 0 Å². The Morgan fingerprint density at radius 1 is 1.40 bits per heavy atom. The summed E-state index contributed by atoms with van der Waals surface area (Å²) in [5, 5.41) is 0. The number of carbonyl (C=O) groups excluding carboxylic acids is 2. The molecule has 0 aliphatic carbocycles. The summed E-state index contributed by atoms with van der Waals surface area (Å²) in [6, 6.07) is 6.77. The fourth-order valence-corrected chi connectivity index (χ4v) is 2.05. The minimum atomic E-state index is -0.536. The van der Waals surface area contributed by atoms with Gasteiger partial charge in [0.1, 0.15) is 5.75 Å². The van der Waals surface area contributed by atoms with E-state index in [-0.39, 0.29) is 18.6 Å². The van der Waals surface area contributed by atoms with Gasteiger partial charge in [0.25, 0.3) is 11.8 Å². The van der Waals surface area contributed by atoms with E-state index >= 15 is 0 Å². The van der Waals surface area contributed by atoms with E-state index in [1.54, 1.807) is 36.2 Å². The fraction of sp³-hybridized carbons (Fsp3) is 0.429. The molecule has 6 nitrogen and oxygen atoms in total. The van der Waals surface area contributed by atoms with Crippen LogP contribution in [0, 0.1) is 0 Å². The molecule has 1 aliphatic rings. The molecule has 0 bridgehead atoms. The normalized spacial score (nSPS) is 17.8. The number of primary amides is 1. The Bertz CT molecular complexity index is 480. The lowest BCUT2D eigenvalue weighted by Crippen LogP contribution is -2.37. The molecule has 1 heterocycles. The predicted molar refractivity (Wildman–Crippen MR) is 72.4 cm³/mol. The second-order valence-corrected chi connectivity index (χ2v) is 4.71. The third-order valence-electron chi connectivity index (χ3n) is 3.26. The molecule has 6 heteroatoms. The lowest BCUT2D eigenvalue weighted by molar-refractivity contribution is -0.119. The van der Waals surface area contributed by atoms with E-state index in [2.05, 4.69) is 0 Å². The van der Waals surface area contributed by atoms with Crippen LogP contribution in [-0.2, 0) is 9.53 Å². The zero-order chi connectivity index (χ0) is 14.5. The molecule has 1 saturated heterocycles. The van der Waals surface area contributed by atoms with E-state index in [0.29, 0.717) is 24.5 Å². The summed E-state index contributed by atoms with van der Waals surface area (Å²) in [5.74, 6) is -0.0831. The van der Waals surface area contributed by atoms with Crippen molar-refractivity contribution in [2.24, 2.45) is 5.73 Å². The highest BCUT2D eigenvalue weighted by Crippen LogP contribution is 2.17. The number of hydrogen-bond donors (Lipinski definition) is 1. The topological polar surface area (TPSA) is 81.9 Å². The SMILES string of the molecule is CN(C(=O)c1ccc(OCC(N)=O)cc1)C1CCOC1. The summed E-state index contributed by atoms with van der Waals surface area (Å²) >= 11 is 0. The monoisotopic (exact) mass is 278 g/mol. The summed E-state index contributed by atoms with van der Waals surface area (Å²) in [6.45, 7) is 1.11. The molecule has 2 N–H and O–H groups in total. The summed E-state index contributed by atoms with van der Waals surface area (Å²) in [6.07, 6.45) is 0.863. The summed E-state index contributed by atoms with van der Waals surface area (Å²) in [4.78, 5) is 24.6. The minimum Gasteiger partial charge on any atom is -0.484 e. The molecule has 0 aromatic heterocycles. The highest BCUT2D eigenvalue weighted by molar-refractivity contribution is 5.94. The predicted octanol–water partition coefficient (Wildman–Crippen LogP) is 0.412. The summed E-state index contributed by atoms with van der Waals surface area (Å²) < 4.78 is 10.4. The molecule has 108 valence electrons. The van der Waals surface area contributed by atoms with Crippen LogP contribution in [0.3, 0.4) is 0 Å². The third-order valence-corrected chi connectivity index (χ3v) is 3.26. The quantitative estimate of drug-likeness (QED) is 0.846. The van der Waals surface area contributed by atoms with Gasteiger partial charge >= 0.3 is 0 Å². The maximum absolute atomic E-state index is 12.3. The van der Waals surface area contributed by atoms with E-state index in [0.717, 1.165) is 6.42 Å². The van der Waals surface area contributed by atoms with E-state index in [9.17, 15) is 9.59 Å². The first-order valence-electron chi connectivity index (χ1n) is 6.44. The molecule has 20 heavy (non-hydrogen) atoms. The number of nitrogens with two attached hydrogens (primary N) is 1. The molecule has 0 spiro atoms. The zero-order valence-electron chi connectivity index (χ0n) is 11.4. The lowest BCUT2D eigenvalue weighted by atomic mass is 10.1. The summed E-state index contributed by atoms with van der Waals surface area (Å²) in [5.41, 5.74) is 5.57. The molecule has 0 radical (unpaired) electrons. The van der Waals surface area contributed by atoms with Crippen molar-refractivity contribution in [3.05, 3.63) is 29.8 Å². The molecular formula is C14H18N2O4. The van der Waals surface area contributed by atoms with Crippen LogP contribution in [0.2, 0.25) is 0 Å². The average Bonchev–Trinajstić information content (AvgIpc) is 2.98. The number of ether oxygens (including phenoxy) is 2. The number of carbonyl (C=O) groups is 2. The van der Waals surface area contributed by atoms with Gasteiger partial charge in [0, 0.05) is 19.2 Å². The number of likely N-dealkylation sites (N-methyl/N-ethyl adjacent to an activating group) is 1. The second-order valence-electron chi connectivity index (χ2n) is 4.71. The largest absolute Gasteiger partial charge is 0.484 e. The Kier molecular flexibility index (Phi) is 4.57. The number of benzene rings is 1. The van der Waals surface area contributed by atoms with E-state index < -0.39 is 5.91 Å². The van der Waals surface area contributed by atoms with Gasteiger partial charge in [0.05, 0.1) is 12.6 Å².